The molecule has 0 spiro atoms. The number of carbonyl (C=O) groups is 3. The van der Waals surface area contributed by atoms with Crippen LogP contribution in [0.3, 0.4) is 0 Å². The van der Waals surface area contributed by atoms with Crippen LogP contribution in [-0.4, -0.2) is 39.6 Å². The quantitative estimate of drug-likeness (QED) is 0.355. The summed E-state index contributed by atoms with van der Waals surface area (Å²) in [6.45, 7) is 0.776. The Labute approximate surface area is 212 Å². The first-order valence-corrected chi connectivity index (χ1v) is 11.5. The Bertz CT molecular complexity index is 1290. The molecule has 36 heavy (non-hydrogen) atoms. The second-order valence-corrected chi connectivity index (χ2v) is 9.06. The summed E-state index contributed by atoms with van der Waals surface area (Å²) in [6.07, 6.45) is -4.46. The molecule has 7 nitrogen and oxygen atoms in total. The van der Waals surface area contributed by atoms with Crippen molar-refractivity contribution in [3.8, 4) is 16.2 Å². The number of hydrogen-bond acceptors (Lipinski definition) is 5. The van der Waals surface area contributed by atoms with Crippen molar-refractivity contribution in [2.24, 2.45) is 0 Å². The third-order valence-corrected chi connectivity index (χ3v) is 6.69. The van der Waals surface area contributed by atoms with E-state index in [4.69, 9.17) is 21.4 Å². The number of carboxylic acid groups (broad SMARTS) is 2. The van der Waals surface area contributed by atoms with Gasteiger partial charge in [0.05, 0.1) is 10.4 Å². The number of aromatic carboxylic acids is 1. The number of carboxylic acids is 2. The largest absolute Gasteiger partial charge is 0.479 e. The zero-order valence-corrected chi connectivity index (χ0v) is 20.2. The number of nitrogens with zero attached hydrogens (tertiary/aromatic N) is 1. The summed E-state index contributed by atoms with van der Waals surface area (Å²) >= 11 is 7.15. The molecule has 0 fully saturated rings. The SMILES string of the molecule is CC(=O)N(Cc1ccc(C(F)(F)F)cc1)Cc1cccc(-c2sc(C(=O)O)c(OCC(=O)O)c2Cl)c1. The van der Waals surface area contributed by atoms with Gasteiger partial charge in [0.1, 0.15) is 5.02 Å². The molecule has 3 aromatic rings. The normalized spacial score (nSPS) is 11.2. The molecule has 0 saturated carbocycles. The summed E-state index contributed by atoms with van der Waals surface area (Å²) in [7, 11) is 0. The number of hydrogen-bond donors (Lipinski definition) is 2. The van der Waals surface area contributed by atoms with Crippen LogP contribution in [0.4, 0.5) is 13.2 Å². The number of alkyl halides is 3. The van der Waals surface area contributed by atoms with Crippen LogP contribution in [0.15, 0.2) is 48.5 Å². The first-order chi connectivity index (χ1) is 16.9. The van der Waals surface area contributed by atoms with Crippen molar-refractivity contribution in [3.05, 3.63) is 75.1 Å². The lowest BCUT2D eigenvalue weighted by atomic mass is 10.1. The minimum absolute atomic E-state index is 0.0519. The standard InChI is InChI=1S/C24H19ClF3NO6S/c1-13(30)29(10-14-5-7-17(8-6-14)24(26,27)28)11-15-3-2-4-16(9-15)21-19(25)20(35-12-18(31)32)22(36-21)23(33)34/h2-9H,10-12H2,1H3,(H,31,32)(H,33,34). The summed E-state index contributed by atoms with van der Waals surface area (Å²) in [4.78, 5) is 36.2. The molecule has 0 bridgehead atoms. The molecule has 1 amide bonds. The van der Waals surface area contributed by atoms with Crippen molar-refractivity contribution in [2.45, 2.75) is 26.2 Å². The fourth-order valence-electron chi connectivity index (χ4n) is 3.31. The minimum Gasteiger partial charge on any atom is -0.479 e. The van der Waals surface area contributed by atoms with Gasteiger partial charge in [0, 0.05) is 20.0 Å². The van der Waals surface area contributed by atoms with Crippen molar-refractivity contribution in [1.82, 2.24) is 4.90 Å². The van der Waals surface area contributed by atoms with E-state index in [0.29, 0.717) is 21.6 Å². The van der Waals surface area contributed by atoms with Crippen LogP contribution in [0.1, 0.15) is 33.3 Å². The lowest BCUT2D eigenvalue weighted by Crippen LogP contribution is -2.27. The Balaban J connectivity index is 1.86. The third-order valence-electron chi connectivity index (χ3n) is 5.01. The topological polar surface area (TPSA) is 104 Å². The lowest BCUT2D eigenvalue weighted by molar-refractivity contribution is -0.139. The number of rotatable bonds is 9. The fourth-order valence-corrected chi connectivity index (χ4v) is 4.72. The Morgan fingerprint density at radius 1 is 1.03 bits per heavy atom. The van der Waals surface area contributed by atoms with Gasteiger partial charge in [0.2, 0.25) is 5.91 Å². The van der Waals surface area contributed by atoms with Gasteiger partial charge in [-0.3, -0.25) is 4.79 Å². The Morgan fingerprint density at radius 2 is 1.67 bits per heavy atom. The van der Waals surface area contributed by atoms with Gasteiger partial charge in [-0.25, -0.2) is 9.59 Å². The zero-order valence-electron chi connectivity index (χ0n) is 18.6. The number of ether oxygens (including phenoxy) is 1. The van der Waals surface area contributed by atoms with E-state index in [-0.39, 0.29) is 34.6 Å². The van der Waals surface area contributed by atoms with E-state index >= 15 is 0 Å². The van der Waals surface area contributed by atoms with E-state index in [9.17, 15) is 32.7 Å². The van der Waals surface area contributed by atoms with Gasteiger partial charge in [-0.2, -0.15) is 13.2 Å². The summed E-state index contributed by atoms with van der Waals surface area (Å²) < 4.78 is 43.5. The number of aliphatic carboxylic acids is 1. The second kappa shape index (κ2) is 11.0. The van der Waals surface area contributed by atoms with Crippen molar-refractivity contribution in [2.75, 3.05) is 6.61 Å². The van der Waals surface area contributed by atoms with Gasteiger partial charge in [-0.15, -0.1) is 11.3 Å². The highest BCUT2D eigenvalue weighted by Crippen LogP contribution is 2.45. The summed E-state index contributed by atoms with van der Waals surface area (Å²) in [5, 5.41) is 18.3. The molecule has 2 aromatic carbocycles. The second-order valence-electron chi connectivity index (χ2n) is 7.66. The Hall–Kier alpha value is -3.57. The Kier molecular flexibility index (Phi) is 8.26. The highest BCUT2D eigenvalue weighted by molar-refractivity contribution is 7.18. The van der Waals surface area contributed by atoms with Crippen molar-refractivity contribution >= 4 is 40.8 Å². The van der Waals surface area contributed by atoms with Crippen LogP contribution in [0.2, 0.25) is 5.02 Å². The van der Waals surface area contributed by atoms with E-state index in [0.717, 1.165) is 23.5 Å². The molecule has 12 heteroatoms. The molecule has 190 valence electrons. The van der Waals surface area contributed by atoms with Crippen LogP contribution < -0.4 is 4.74 Å². The summed E-state index contributed by atoms with van der Waals surface area (Å²) in [5.41, 5.74) is 0.910. The zero-order chi connectivity index (χ0) is 26.6. The Morgan fingerprint density at radius 3 is 2.22 bits per heavy atom. The predicted octanol–water partition coefficient (Wildman–Crippen LogP) is 5.80. The smallest absolute Gasteiger partial charge is 0.416 e. The number of amides is 1. The van der Waals surface area contributed by atoms with Crippen LogP contribution >= 0.6 is 22.9 Å². The molecular weight excluding hydrogens is 523 g/mol. The van der Waals surface area contributed by atoms with E-state index in [1.807, 2.05) is 0 Å². The molecule has 2 N–H and O–H groups in total. The summed E-state index contributed by atoms with van der Waals surface area (Å²) in [5.74, 6) is -3.17. The number of carbonyl (C=O) groups excluding carboxylic acids is 1. The van der Waals surface area contributed by atoms with Crippen molar-refractivity contribution in [1.29, 1.82) is 0 Å². The first-order valence-electron chi connectivity index (χ1n) is 10.3. The molecule has 0 saturated heterocycles. The highest BCUT2D eigenvalue weighted by atomic mass is 35.5. The van der Waals surface area contributed by atoms with Crippen molar-refractivity contribution < 1.29 is 42.5 Å². The van der Waals surface area contributed by atoms with Gasteiger partial charge >= 0.3 is 18.1 Å². The summed E-state index contributed by atoms with van der Waals surface area (Å²) in [6, 6.07) is 11.3. The first kappa shape index (κ1) is 27.0. The molecule has 0 unspecified atom stereocenters. The van der Waals surface area contributed by atoms with Crippen molar-refractivity contribution in [3.63, 3.8) is 0 Å². The molecular formula is C24H19ClF3NO6S. The highest BCUT2D eigenvalue weighted by Gasteiger charge is 2.30. The molecule has 0 radical (unpaired) electrons. The molecule has 1 aromatic heterocycles. The molecule has 1 heterocycles. The van der Waals surface area contributed by atoms with E-state index in [1.165, 1.54) is 24.0 Å². The average molecular weight is 542 g/mol. The van der Waals surface area contributed by atoms with Gasteiger partial charge in [-0.1, -0.05) is 41.9 Å². The maximum atomic E-state index is 12.8. The van der Waals surface area contributed by atoms with E-state index in [1.54, 1.807) is 24.3 Å². The molecule has 0 aliphatic heterocycles. The van der Waals surface area contributed by atoms with Gasteiger partial charge in [-0.05, 0) is 34.9 Å². The molecule has 3 rings (SSSR count). The van der Waals surface area contributed by atoms with Gasteiger partial charge in [0.15, 0.2) is 17.2 Å². The van der Waals surface area contributed by atoms with Crippen LogP contribution in [0, 0.1) is 0 Å². The molecule has 0 aliphatic rings. The van der Waals surface area contributed by atoms with Gasteiger partial charge in [0.25, 0.3) is 0 Å². The predicted molar refractivity (Wildman–Crippen MR) is 126 cm³/mol. The monoisotopic (exact) mass is 541 g/mol. The number of halogens is 4. The number of thiophene rings is 1. The lowest BCUT2D eigenvalue weighted by Gasteiger charge is -2.22. The third kappa shape index (κ3) is 6.55. The molecule has 0 atom stereocenters. The fraction of sp³-hybridized carbons (Fsp3) is 0.208. The van der Waals surface area contributed by atoms with Crippen LogP contribution in [-0.2, 0) is 28.9 Å². The van der Waals surface area contributed by atoms with Crippen LogP contribution in [0.5, 0.6) is 5.75 Å². The average Bonchev–Trinajstić information content (AvgIpc) is 3.13. The molecule has 0 aliphatic carbocycles. The van der Waals surface area contributed by atoms with Gasteiger partial charge < -0.3 is 19.8 Å². The number of benzene rings is 2. The maximum Gasteiger partial charge on any atom is 0.416 e. The minimum atomic E-state index is -4.46. The van der Waals surface area contributed by atoms with E-state index < -0.39 is 30.3 Å². The van der Waals surface area contributed by atoms with E-state index in [2.05, 4.69) is 0 Å². The van der Waals surface area contributed by atoms with Crippen LogP contribution in [0.25, 0.3) is 10.4 Å². The maximum absolute atomic E-state index is 12.8.